The smallest absolute Gasteiger partial charge is 0.416 e. The number of benzene rings is 3. The van der Waals surface area contributed by atoms with E-state index in [1.165, 1.54) is 12.1 Å². The quantitative estimate of drug-likeness (QED) is 0.639. The van der Waals surface area contributed by atoms with Crippen LogP contribution in [0, 0.1) is 0 Å². The number of phenolic OH excluding ortho intramolecular Hbond substituents is 1. The number of hydrogen-bond acceptors (Lipinski definition) is 1. The van der Waals surface area contributed by atoms with Crippen molar-refractivity contribution < 1.29 is 18.3 Å². The average molecular weight is 314 g/mol. The maximum absolute atomic E-state index is 12.6. The fourth-order valence-electron chi connectivity index (χ4n) is 2.41. The molecule has 3 aromatic carbocycles. The zero-order valence-corrected chi connectivity index (χ0v) is 12.0. The fourth-order valence-corrected chi connectivity index (χ4v) is 2.41. The normalized spacial score (nSPS) is 11.4. The van der Waals surface area contributed by atoms with E-state index in [0.717, 1.165) is 23.3 Å². The molecule has 23 heavy (non-hydrogen) atoms. The van der Waals surface area contributed by atoms with Gasteiger partial charge in [0.05, 0.1) is 5.56 Å². The number of para-hydroxylation sites is 1. The molecule has 3 rings (SSSR count). The van der Waals surface area contributed by atoms with Gasteiger partial charge in [-0.2, -0.15) is 13.2 Å². The molecule has 0 saturated carbocycles. The molecular weight excluding hydrogens is 301 g/mol. The molecule has 1 nitrogen and oxygen atoms in total. The number of rotatable bonds is 2. The Bertz CT molecular complexity index is 803. The first-order valence-corrected chi connectivity index (χ1v) is 7.01. The molecule has 0 saturated heterocycles. The number of hydrogen-bond donors (Lipinski definition) is 1. The lowest BCUT2D eigenvalue weighted by molar-refractivity contribution is -0.137. The lowest BCUT2D eigenvalue weighted by Crippen LogP contribution is -2.03. The minimum atomic E-state index is -4.33. The standard InChI is InChI=1S/C19H13F3O/c20-19(21,22)16-11-9-14(10-12-16)13-5-7-15(8-6-13)17-3-1-2-4-18(17)23/h1-12,23H. The predicted molar refractivity (Wildman–Crippen MR) is 84.0 cm³/mol. The van der Waals surface area contributed by atoms with Crippen LogP contribution in [0.15, 0.2) is 72.8 Å². The maximum atomic E-state index is 12.6. The number of halogens is 3. The summed E-state index contributed by atoms with van der Waals surface area (Å²) in [6.07, 6.45) is -4.33. The van der Waals surface area contributed by atoms with Gasteiger partial charge in [-0.1, -0.05) is 54.6 Å². The molecule has 0 aliphatic carbocycles. The van der Waals surface area contributed by atoms with E-state index in [1.807, 2.05) is 36.4 Å². The Morgan fingerprint density at radius 3 is 1.61 bits per heavy atom. The van der Waals surface area contributed by atoms with E-state index in [0.29, 0.717) is 11.1 Å². The Hall–Kier alpha value is -2.75. The number of alkyl halides is 3. The molecule has 0 radical (unpaired) electrons. The van der Waals surface area contributed by atoms with Crippen molar-refractivity contribution in [1.29, 1.82) is 0 Å². The zero-order chi connectivity index (χ0) is 16.4. The van der Waals surface area contributed by atoms with Gasteiger partial charge in [0.15, 0.2) is 0 Å². The summed E-state index contributed by atoms with van der Waals surface area (Å²) in [6.45, 7) is 0. The molecule has 0 spiro atoms. The van der Waals surface area contributed by atoms with E-state index in [4.69, 9.17) is 0 Å². The summed E-state index contributed by atoms with van der Waals surface area (Å²) in [5.74, 6) is 0.190. The second-order valence-electron chi connectivity index (χ2n) is 5.17. The number of phenols is 1. The predicted octanol–water partition coefficient (Wildman–Crippen LogP) is 5.75. The van der Waals surface area contributed by atoms with Crippen LogP contribution in [0.25, 0.3) is 22.3 Å². The van der Waals surface area contributed by atoms with Gasteiger partial charge in [-0.05, 0) is 34.9 Å². The first kappa shape index (κ1) is 15.2. The van der Waals surface area contributed by atoms with Crippen molar-refractivity contribution in [2.45, 2.75) is 6.18 Å². The van der Waals surface area contributed by atoms with E-state index in [2.05, 4.69) is 0 Å². The minimum absolute atomic E-state index is 0.190. The van der Waals surface area contributed by atoms with Crippen molar-refractivity contribution in [3.05, 3.63) is 78.4 Å². The molecular formula is C19H13F3O. The highest BCUT2D eigenvalue weighted by molar-refractivity contribution is 5.73. The third-order valence-corrected chi connectivity index (χ3v) is 3.65. The summed E-state index contributed by atoms with van der Waals surface area (Å²) in [5.41, 5.74) is 2.43. The molecule has 3 aromatic rings. The van der Waals surface area contributed by atoms with E-state index >= 15 is 0 Å². The van der Waals surface area contributed by atoms with Crippen LogP contribution in [0.2, 0.25) is 0 Å². The third kappa shape index (κ3) is 3.21. The zero-order valence-electron chi connectivity index (χ0n) is 12.0. The summed E-state index contributed by atoms with van der Waals surface area (Å²) in [4.78, 5) is 0. The van der Waals surface area contributed by atoms with Gasteiger partial charge in [-0.25, -0.2) is 0 Å². The van der Waals surface area contributed by atoms with Gasteiger partial charge in [0.1, 0.15) is 5.75 Å². The topological polar surface area (TPSA) is 20.2 Å². The summed E-state index contributed by atoms with van der Waals surface area (Å²) in [7, 11) is 0. The molecule has 0 bridgehead atoms. The largest absolute Gasteiger partial charge is 0.507 e. The highest BCUT2D eigenvalue weighted by Gasteiger charge is 2.29. The summed E-state index contributed by atoms with van der Waals surface area (Å²) in [5, 5.41) is 9.85. The third-order valence-electron chi connectivity index (χ3n) is 3.65. The van der Waals surface area contributed by atoms with Crippen molar-refractivity contribution in [1.82, 2.24) is 0 Å². The Balaban J connectivity index is 1.89. The lowest BCUT2D eigenvalue weighted by atomic mass is 9.99. The summed E-state index contributed by atoms with van der Waals surface area (Å²) in [6, 6.07) is 19.4. The van der Waals surface area contributed by atoms with E-state index in [-0.39, 0.29) is 5.75 Å². The first-order chi connectivity index (χ1) is 10.9. The van der Waals surface area contributed by atoms with E-state index < -0.39 is 11.7 Å². The fraction of sp³-hybridized carbons (Fsp3) is 0.0526. The van der Waals surface area contributed by atoms with Gasteiger partial charge in [0.2, 0.25) is 0 Å². The molecule has 0 heterocycles. The van der Waals surface area contributed by atoms with Crippen molar-refractivity contribution in [2.75, 3.05) is 0 Å². The Morgan fingerprint density at radius 2 is 1.09 bits per heavy atom. The van der Waals surface area contributed by atoms with Gasteiger partial charge >= 0.3 is 6.18 Å². The molecule has 0 unspecified atom stereocenters. The maximum Gasteiger partial charge on any atom is 0.416 e. The molecule has 0 aliphatic heterocycles. The van der Waals surface area contributed by atoms with Crippen LogP contribution < -0.4 is 0 Å². The Labute approximate surface area is 131 Å². The van der Waals surface area contributed by atoms with Crippen LogP contribution in [0.5, 0.6) is 5.75 Å². The van der Waals surface area contributed by atoms with Gasteiger partial charge in [0.25, 0.3) is 0 Å². The van der Waals surface area contributed by atoms with Crippen molar-refractivity contribution >= 4 is 0 Å². The SMILES string of the molecule is Oc1ccccc1-c1ccc(-c2ccc(C(F)(F)F)cc2)cc1. The second kappa shape index (κ2) is 5.80. The second-order valence-corrected chi connectivity index (χ2v) is 5.17. The molecule has 0 aromatic heterocycles. The highest BCUT2D eigenvalue weighted by atomic mass is 19.4. The van der Waals surface area contributed by atoms with Crippen LogP contribution in [0.4, 0.5) is 13.2 Å². The Morgan fingerprint density at radius 1 is 0.609 bits per heavy atom. The van der Waals surface area contributed by atoms with E-state index in [9.17, 15) is 18.3 Å². The molecule has 0 fully saturated rings. The molecule has 0 atom stereocenters. The van der Waals surface area contributed by atoms with Crippen molar-refractivity contribution in [3.63, 3.8) is 0 Å². The minimum Gasteiger partial charge on any atom is -0.507 e. The summed E-state index contributed by atoms with van der Waals surface area (Å²) >= 11 is 0. The Kier molecular flexibility index (Phi) is 3.82. The molecule has 1 N–H and O–H groups in total. The van der Waals surface area contributed by atoms with Crippen LogP contribution in [0.3, 0.4) is 0 Å². The van der Waals surface area contributed by atoms with Gasteiger partial charge in [-0.3, -0.25) is 0 Å². The summed E-state index contributed by atoms with van der Waals surface area (Å²) < 4.78 is 37.7. The highest BCUT2D eigenvalue weighted by Crippen LogP contribution is 2.33. The van der Waals surface area contributed by atoms with Crippen molar-refractivity contribution in [3.8, 4) is 28.0 Å². The van der Waals surface area contributed by atoms with Gasteiger partial charge in [0, 0.05) is 5.56 Å². The average Bonchev–Trinajstić information content (AvgIpc) is 2.55. The lowest BCUT2D eigenvalue weighted by Gasteiger charge is -2.09. The van der Waals surface area contributed by atoms with Crippen LogP contribution in [-0.2, 0) is 6.18 Å². The van der Waals surface area contributed by atoms with Crippen molar-refractivity contribution in [2.24, 2.45) is 0 Å². The first-order valence-electron chi connectivity index (χ1n) is 7.01. The number of aromatic hydroxyl groups is 1. The molecule has 116 valence electrons. The molecule has 0 aliphatic rings. The van der Waals surface area contributed by atoms with Gasteiger partial charge in [-0.15, -0.1) is 0 Å². The van der Waals surface area contributed by atoms with Crippen LogP contribution in [-0.4, -0.2) is 5.11 Å². The van der Waals surface area contributed by atoms with E-state index in [1.54, 1.807) is 12.1 Å². The molecule has 0 amide bonds. The van der Waals surface area contributed by atoms with Crippen LogP contribution in [0.1, 0.15) is 5.56 Å². The molecule has 4 heteroatoms. The van der Waals surface area contributed by atoms with Crippen LogP contribution >= 0.6 is 0 Å². The van der Waals surface area contributed by atoms with Gasteiger partial charge < -0.3 is 5.11 Å². The monoisotopic (exact) mass is 314 g/mol.